The van der Waals surface area contributed by atoms with Gasteiger partial charge in [-0.3, -0.25) is 19.8 Å². The first-order valence-electron chi connectivity index (χ1n) is 7.29. The molecule has 7 nitrogen and oxygen atoms in total. The van der Waals surface area contributed by atoms with Crippen molar-refractivity contribution in [2.24, 2.45) is 4.99 Å². The van der Waals surface area contributed by atoms with Crippen molar-refractivity contribution in [3.63, 3.8) is 0 Å². The van der Waals surface area contributed by atoms with E-state index in [1.54, 1.807) is 23.1 Å². The zero-order chi connectivity index (χ0) is 16.8. The fourth-order valence-electron chi connectivity index (χ4n) is 2.96. The maximum absolute atomic E-state index is 12.3. The van der Waals surface area contributed by atoms with Crippen molar-refractivity contribution >= 4 is 35.0 Å². The summed E-state index contributed by atoms with van der Waals surface area (Å²) in [6, 6.07) is 13.9. The van der Waals surface area contributed by atoms with E-state index >= 15 is 0 Å². The van der Waals surface area contributed by atoms with Gasteiger partial charge in [-0.2, -0.15) is 4.99 Å². The number of hydrogen-bond acceptors (Lipinski definition) is 5. The van der Waals surface area contributed by atoms with E-state index in [1.807, 2.05) is 36.2 Å². The molecule has 2 aliphatic rings. The quantitative estimate of drug-likeness (QED) is 0.483. The van der Waals surface area contributed by atoms with Crippen LogP contribution < -0.4 is 9.80 Å². The molecule has 0 unspecified atom stereocenters. The molecule has 1 amide bonds. The van der Waals surface area contributed by atoms with Crippen LogP contribution in [0.15, 0.2) is 59.2 Å². The number of amides is 1. The van der Waals surface area contributed by atoms with Crippen LogP contribution in [0.3, 0.4) is 0 Å². The van der Waals surface area contributed by atoms with Crippen molar-refractivity contribution < 1.29 is 9.72 Å². The van der Waals surface area contributed by atoms with Crippen LogP contribution in [0.1, 0.15) is 5.56 Å². The number of fused-ring (bicyclic) bond motifs is 3. The molecule has 0 aromatic heterocycles. The number of carbonyl (C=O) groups is 1. The van der Waals surface area contributed by atoms with Crippen molar-refractivity contribution in [3.05, 3.63) is 69.9 Å². The maximum Gasteiger partial charge on any atom is 0.297 e. The Hall–Kier alpha value is -3.48. The number of carbonyl (C=O) groups excluding carboxylic acids is 1. The monoisotopic (exact) mass is 320 g/mol. The molecular weight excluding hydrogens is 308 g/mol. The second kappa shape index (κ2) is 5.02. The third kappa shape index (κ3) is 1.91. The Labute approximate surface area is 137 Å². The Kier molecular flexibility index (Phi) is 2.96. The van der Waals surface area contributed by atoms with Crippen LogP contribution >= 0.6 is 0 Å². The van der Waals surface area contributed by atoms with Crippen molar-refractivity contribution in [3.8, 4) is 0 Å². The fourth-order valence-corrected chi connectivity index (χ4v) is 2.96. The summed E-state index contributed by atoms with van der Waals surface area (Å²) in [6.07, 6.45) is 1.52. The number of anilines is 2. The van der Waals surface area contributed by atoms with E-state index in [4.69, 9.17) is 0 Å². The van der Waals surface area contributed by atoms with Gasteiger partial charge < -0.3 is 4.90 Å². The minimum atomic E-state index is -0.461. The topological polar surface area (TPSA) is 79.0 Å². The van der Waals surface area contributed by atoms with E-state index in [0.29, 0.717) is 17.2 Å². The molecule has 0 radical (unpaired) electrons. The van der Waals surface area contributed by atoms with Gasteiger partial charge in [-0.25, -0.2) is 0 Å². The predicted molar refractivity (Wildman–Crippen MR) is 90.8 cm³/mol. The lowest BCUT2D eigenvalue weighted by Crippen LogP contribution is -2.31. The number of para-hydroxylation sites is 3. The van der Waals surface area contributed by atoms with Crippen LogP contribution in [0, 0.1) is 10.1 Å². The number of aliphatic imine (C=N–C) groups is 1. The lowest BCUT2D eigenvalue weighted by molar-refractivity contribution is -0.385. The van der Waals surface area contributed by atoms with E-state index in [1.165, 1.54) is 12.1 Å². The largest absolute Gasteiger partial charge is 0.313 e. The van der Waals surface area contributed by atoms with Crippen LogP contribution in [-0.2, 0) is 4.79 Å². The fraction of sp³-hybridized carbons (Fsp3) is 0.0588. The molecule has 2 aliphatic heterocycles. The molecule has 0 N–H and O–H groups in total. The summed E-state index contributed by atoms with van der Waals surface area (Å²) >= 11 is 0. The molecule has 0 saturated carbocycles. The van der Waals surface area contributed by atoms with Gasteiger partial charge in [0.15, 0.2) is 0 Å². The van der Waals surface area contributed by atoms with Gasteiger partial charge in [-0.15, -0.1) is 0 Å². The smallest absolute Gasteiger partial charge is 0.297 e. The summed E-state index contributed by atoms with van der Waals surface area (Å²) in [4.78, 5) is 30.7. The highest BCUT2D eigenvalue weighted by molar-refractivity contribution is 6.30. The first-order chi connectivity index (χ1) is 11.6. The molecule has 24 heavy (non-hydrogen) atoms. The molecule has 2 heterocycles. The van der Waals surface area contributed by atoms with Crippen molar-refractivity contribution in [1.29, 1.82) is 0 Å². The minimum absolute atomic E-state index is 0.0490. The number of hydrogen-bond donors (Lipinski definition) is 0. The van der Waals surface area contributed by atoms with Gasteiger partial charge in [-0.1, -0.05) is 24.3 Å². The molecule has 2 aromatic rings. The molecule has 0 bridgehead atoms. The first kappa shape index (κ1) is 14.1. The lowest BCUT2D eigenvalue weighted by atomic mass is 10.1. The first-order valence-corrected chi connectivity index (χ1v) is 7.29. The molecule has 4 rings (SSSR count). The van der Waals surface area contributed by atoms with E-state index < -0.39 is 10.8 Å². The second-order valence-corrected chi connectivity index (χ2v) is 5.45. The number of nitro benzene ring substituents is 1. The van der Waals surface area contributed by atoms with E-state index in [0.717, 1.165) is 11.4 Å². The number of guanidine groups is 1. The zero-order valence-corrected chi connectivity index (χ0v) is 12.7. The van der Waals surface area contributed by atoms with Crippen LogP contribution in [0.4, 0.5) is 17.1 Å². The van der Waals surface area contributed by atoms with Gasteiger partial charge in [0.05, 0.1) is 21.9 Å². The third-order valence-corrected chi connectivity index (χ3v) is 4.07. The van der Waals surface area contributed by atoms with Gasteiger partial charge >= 0.3 is 0 Å². The summed E-state index contributed by atoms with van der Waals surface area (Å²) in [5.41, 5.74) is 2.38. The molecule has 0 fully saturated rings. The number of nitrogens with zero attached hydrogens (tertiary/aromatic N) is 4. The Morgan fingerprint density at radius 3 is 2.50 bits per heavy atom. The molecule has 2 aromatic carbocycles. The standard InChI is InChI=1S/C17H12N4O3/c1-19-13-8-4-5-9-14(13)20-15(16(22)18-17(19)20)10-11-6-2-3-7-12(11)21(23)24/h2-10H,1H3/b15-10+. The van der Waals surface area contributed by atoms with Crippen molar-refractivity contribution in [2.45, 2.75) is 0 Å². The van der Waals surface area contributed by atoms with Gasteiger partial charge in [-0.05, 0) is 24.3 Å². The molecule has 7 heteroatoms. The average Bonchev–Trinajstić information content (AvgIpc) is 3.04. The summed E-state index contributed by atoms with van der Waals surface area (Å²) in [5, 5.41) is 11.2. The van der Waals surface area contributed by atoms with Crippen molar-refractivity contribution in [2.75, 3.05) is 16.8 Å². The molecule has 118 valence electrons. The predicted octanol–water partition coefficient (Wildman–Crippen LogP) is 2.79. The highest BCUT2D eigenvalue weighted by Crippen LogP contribution is 2.41. The zero-order valence-electron chi connectivity index (χ0n) is 12.7. The summed E-state index contributed by atoms with van der Waals surface area (Å²) in [7, 11) is 1.83. The Balaban J connectivity index is 1.87. The Morgan fingerprint density at radius 2 is 1.75 bits per heavy atom. The summed E-state index contributed by atoms with van der Waals surface area (Å²) in [5.74, 6) is 0.0931. The second-order valence-electron chi connectivity index (χ2n) is 5.45. The van der Waals surface area contributed by atoms with Crippen LogP contribution in [0.2, 0.25) is 0 Å². The lowest BCUT2D eigenvalue weighted by Gasteiger charge is -2.14. The highest BCUT2D eigenvalue weighted by Gasteiger charge is 2.40. The van der Waals surface area contributed by atoms with Gasteiger partial charge in [0.2, 0.25) is 5.96 Å². The molecule has 0 atom stereocenters. The van der Waals surface area contributed by atoms with Gasteiger partial charge in [0, 0.05) is 13.1 Å². The normalized spacial score (nSPS) is 17.1. The van der Waals surface area contributed by atoms with Gasteiger partial charge in [0.25, 0.3) is 11.6 Å². The van der Waals surface area contributed by atoms with E-state index in [9.17, 15) is 14.9 Å². The summed E-state index contributed by atoms with van der Waals surface area (Å²) < 4.78 is 0. The Morgan fingerprint density at radius 1 is 1.08 bits per heavy atom. The van der Waals surface area contributed by atoms with E-state index in [2.05, 4.69) is 4.99 Å². The van der Waals surface area contributed by atoms with Crippen LogP contribution in [0.25, 0.3) is 6.08 Å². The van der Waals surface area contributed by atoms with Crippen molar-refractivity contribution in [1.82, 2.24) is 0 Å². The van der Waals surface area contributed by atoms with E-state index in [-0.39, 0.29) is 5.69 Å². The molecule has 0 aliphatic carbocycles. The van der Waals surface area contributed by atoms with Gasteiger partial charge in [0.1, 0.15) is 5.70 Å². The third-order valence-electron chi connectivity index (χ3n) is 4.07. The minimum Gasteiger partial charge on any atom is -0.313 e. The molecule has 0 spiro atoms. The number of benzene rings is 2. The van der Waals surface area contributed by atoms with Crippen LogP contribution in [-0.4, -0.2) is 23.8 Å². The number of nitro groups is 1. The highest BCUT2D eigenvalue weighted by atomic mass is 16.6. The maximum atomic E-state index is 12.3. The Bertz CT molecular complexity index is 948. The summed E-state index contributed by atoms with van der Waals surface area (Å²) in [6.45, 7) is 0. The average molecular weight is 320 g/mol. The van der Waals surface area contributed by atoms with Crippen LogP contribution in [0.5, 0.6) is 0 Å². The molecule has 0 saturated heterocycles. The molecular formula is C17H12N4O3. The SMILES string of the molecule is CN1C2=NC(=O)/C(=C\c3ccccc3[N+](=O)[O-])N2c2ccccc21. The number of rotatable bonds is 2.